The third kappa shape index (κ3) is 4.44. The highest BCUT2D eigenvalue weighted by molar-refractivity contribution is 7.16. The van der Waals surface area contributed by atoms with E-state index >= 15 is 0 Å². The first kappa shape index (κ1) is 19.9. The zero-order valence-electron chi connectivity index (χ0n) is 16.7. The molecule has 1 aliphatic rings. The number of carbonyl (C=O) groups is 2. The third-order valence-electron chi connectivity index (χ3n) is 4.53. The number of rotatable bonds is 6. The molecule has 30 heavy (non-hydrogen) atoms. The van der Waals surface area contributed by atoms with Crippen LogP contribution in [-0.2, 0) is 16.0 Å². The summed E-state index contributed by atoms with van der Waals surface area (Å²) in [6.07, 6.45) is 0.253. The molecule has 0 saturated carbocycles. The number of thiazole rings is 1. The molecule has 4 rings (SSSR count). The van der Waals surface area contributed by atoms with Gasteiger partial charge in [-0.15, -0.1) is 11.3 Å². The van der Waals surface area contributed by atoms with Gasteiger partial charge in [-0.2, -0.15) is 0 Å². The summed E-state index contributed by atoms with van der Waals surface area (Å²) in [5.74, 6) is 1.10. The molecule has 7 nitrogen and oxygen atoms in total. The van der Waals surface area contributed by atoms with Crippen LogP contribution in [0.3, 0.4) is 0 Å². The second kappa shape index (κ2) is 8.54. The van der Waals surface area contributed by atoms with E-state index in [0.29, 0.717) is 23.2 Å². The maximum absolute atomic E-state index is 12.4. The number of aromatic nitrogens is 1. The largest absolute Gasteiger partial charge is 0.494 e. The molecule has 1 aromatic heterocycles. The molecule has 8 heteroatoms. The van der Waals surface area contributed by atoms with E-state index in [2.05, 4.69) is 15.6 Å². The molecule has 0 radical (unpaired) electrons. The maximum atomic E-state index is 12.4. The molecule has 2 heterocycles. The fourth-order valence-corrected chi connectivity index (χ4v) is 4.02. The van der Waals surface area contributed by atoms with Crippen molar-refractivity contribution in [2.24, 2.45) is 0 Å². The van der Waals surface area contributed by atoms with Crippen LogP contribution in [0, 0.1) is 6.92 Å². The molecule has 2 amide bonds. The van der Waals surface area contributed by atoms with Crippen molar-refractivity contribution in [2.45, 2.75) is 20.3 Å². The summed E-state index contributed by atoms with van der Waals surface area (Å²) in [6, 6.07) is 13.0. The van der Waals surface area contributed by atoms with Crippen molar-refractivity contribution in [2.75, 3.05) is 23.8 Å². The van der Waals surface area contributed by atoms with E-state index in [-0.39, 0.29) is 24.8 Å². The van der Waals surface area contributed by atoms with E-state index in [1.165, 1.54) is 11.3 Å². The standard InChI is InChI=1S/C22H21N3O4S/c1-3-28-16-7-4-14(5-8-16)10-19(26)24-22-25-21(13(2)30-22)15-6-9-18-17(11-15)23-20(27)12-29-18/h4-9,11H,3,10,12H2,1-2H3,(H,23,27)(H,24,25,26). The van der Waals surface area contributed by atoms with Crippen LogP contribution in [0.1, 0.15) is 17.4 Å². The zero-order chi connectivity index (χ0) is 21.1. The fraction of sp³-hybridized carbons (Fsp3) is 0.227. The van der Waals surface area contributed by atoms with Crippen LogP contribution in [0.15, 0.2) is 42.5 Å². The lowest BCUT2D eigenvalue weighted by atomic mass is 10.1. The number of aryl methyl sites for hydroxylation is 1. The van der Waals surface area contributed by atoms with Gasteiger partial charge in [-0.3, -0.25) is 9.59 Å². The minimum atomic E-state index is -0.183. The quantitative estimate of drug-likeness (QED) is 0.625. The van der Waals surface area contributed by atoms with Gasteiger partial charge >= 0.3 is 0 Å². The normalized spacial score (nSPS) is 12.5. The molecular formula is C22H21N3O4S. The number of hydrogen-bond acceptors (Lipinski definition) is 6. The van der Waals surface area contributed by atoms with Gasteiger partial charge in [0.1, 0.15) is 11.5 Å². The Labute approximate surface area is 178 Å². The smallest absolute Gasteiger partial charge is 0.262 e. The van der Waals surface area contributed by atoms with Crippen LogP contribution in [0.25, 0.3) is 11.3 Å². The first-order valence-electron chi connectivity index (χ1n) is 9.58. The molecule has 0 unspecified atom stereocenters. The summed E-state index contributed by atoms with van der Waals surface area (Å²) >= 11 is 1.41. The first-order chi connectivity index (χ1) is 14.5. The molecule has 3 aromatic rings. The number of nitrogens with one attached hydrogen (secondary N) is 2. The van der Waals surface area contributed by atoms with Gasteiger partial charge in [0.15, 0.2) is 11.7 Å². The van der Waals surface area contributed by atoms with Gasteiger partial charge in [-0.25, -0.2) is 4.98 Å². The Morgan fingerprint density at radius 2 is 2.07 bits per heavy atom. The Balaban J connectivity index is 1.45. The Morgan fingerprint density at radius 3 is 2.83 bits per heavy atom. The van der Waals surface area contributed by atoms with Crippen LogP contribution in [0.4, 0.5) is 10.8 Å². The van der Waals surface area contributed by atoms with Gasteiger partial charge in [0.05, 0.1) is 24.4 Å². The zero-order valence-corrected chi connectivity index (χ0v) is 17.5. The Kier molecular flexibility index (Phi) is 5.67. The average Bonchev–Trinajstić information content (AvgIpc) is 3.09. The molecule has 154 valence electrons. The monoisotopic (exact) mass is 423 g/mol. The molecule has 0 saturated heterocycles. The summed E-state index contributed by atoms with van der Waals surface area (Å²) < 4.78 is 10.8. The van der Waals surface area contributed by atoms with Crippen LogP contribution in [0.5, 0.6) is 11.5 Å². The van der Waals surface area contributed by atoms with E-state index < -0.39 is 0 Å². The molecule has 2 aromatic carbocycles. The highest BCUT2D eigenvalue weighted by atomic mass is 32.1. The number of fused-ring (bicyclic) bond motifs is 1. The number of ether oxygens (including phenoxy) is 2. The maximum Gasteiger partial charge on any atom is 0.262 e. The van der Waals surface area contributed by atoms with Gasteiger partial charge in [0, 0.05) is 10.4 Å². The van der Waals surface area contributed by atoms with Crippen LogP contribution in [-0.4, -0.2) is 30.0 Å². The Morgan fingerprint density at radius 1 is 1.27 bits per heavy atom. The highest BCUT2D eigenvalue weighted by Crippen LogP contribution is 2.36. The minimum absolute atomic E-state index is 0.0204. The van der Waals surface area contributed by atoms with Crippen LogP contribution < -0.4 is 20.1 Å². The molecule has 0 atom stereocenters. The molecule has 0 fully saturated rings. The summed E-state index contributed by atoms with van der Waals surface area (Å²) in [4.78, 5) is 29.5. The Hall–Kier alpha value is -3.39. The predicted octanol–water partition coefficient (Wildman–Crippen LogP) is 4.03. The fourth-order valence-electron chi connectivity index (χ4n) is 3.17. The molecule has 0 bridgehead atoms. The molecule has 1 aliphatic heterocycles. The van der Waals surface area contributed by atoms with Crippen molar-refractivity contribution >= 4 is 34.0 Å². The lowest BCUT2D eigenvalue weighted by Gasteiger charge is -2.18. The first-order valence-corrected chi connectivity index (χ1v) is 10.4. The number of carbonyl (C=O) groups excluding carboxylic acids is 2. The molecular weight excluding hydrogens is 402 g/mol. The summed E-state index contributed by atoms with van der Waals surface area (Å²) in [6.45, 7) is 4.51. The topological polar surface area (TPSA) is 89.5 Å². The predicted molar refractivity (Wildman–Crippen MR) is 116 cm³/mol. The van der Waals surface area contributed by atoms with Gasteiger partial charge < -0.3 is 20.1 Å². The molecule has 0 aliphatic carbocycles. The number of anilines is 2. The van der Waals surface area contributed by atoms with E-state index in [0.717, 1.165) is 27.4 Å². The number of benzene rings is 2. The van der Waals surface area contributed by atoms with Crippen molar-refractivity contribution in [1.82, 2.24) is 4.98 Å². The second-order valence-electron chi connectivity index (χ2n) is 6.77. The average molecular weight is 423 g/mol. The van der Waals surface area contributed by atoms with Gasteiger partial charge in [0.25, 0.3) is 5.91 Å². The van der Waals surface area contributed by atoms with E-state index in [1.807, 2.05) is 56.3 Å². The van der Waals surface area contributed by atoms with E-state index in [9.17, 15) is 9.59 Å². The van der Waals surface area contributed by atoms with Gasteiger partial charge in [0.2, 0.25) is 5.91 Å². The van der Waals surface area contributed by atoms with E-state index in [1.54, 1.807) is 0 Å². The molecule has 0 spiro atoms. The third-order valence-corrected chi connectivity index (χ3v) is 5.41. The Bertz CT molecular complexity index is 1090. The second-order valence-corrected chi connectivity index (χ2v) is 7.98. The van der Waals surface area contributed by atoms with Crippen molar-refractivity contribution < 1.29 is 19.1 Å². The lowest BCUT2D eigenvalue weighted by molar-refractivity contribution is -0.118. The van der Waals surface area contributed by atoms with Crippen molar-refractivity contribution in [3.8, 4) is 22.8 Å². The number of amides is 2. The molecule has 2 N–H and O–H groups in total. The van der Waals surface area contributed by atoms with Crippen LogP contribution in [0.2, 0.25) is 0 Å². The highest BCUT2D eigenvalue weighted by Gasteiger charge is 2.18. The van der Waals surface area contributed by atoms with Crippen molar-refractivity contribution in [3.63, 3.8) is 0 Å². The van der Waals surface area contributed by atoms with Gasteiger partial charge in [-0.1, -0.05) is 12.1 Å². The number of hydrogen-bond donors (Lipinski definition) is 2. The van der Waals surface area contributed by atoms with Crippen LogP contribution >= 0.6 is 11.3 Å². The SMILES string of the molecule is CCOc1ccc(CC(=O)Nc2nc(-c3ccc4c(c3)NC(=O)CO4)c(C)s2)cc1. The summed E-state index contributed by atoms with van der Waals surface area (Å²) in [7, 11) is 0. The minimum Gasteiger partial charge on any atom is -0.494 e. The summed E-state index contributed by atoms with van der Waals surface area (Å²) in [5.41, 5.74) is 3.13. The number of nitrogens with zero attached hydrogens (tertiary/aromatic N) is 1. The lowest BCUT2D eigenvalue weighted by Crippen LogP contribution is -2.25. The summed E-state index contributed by atoms with van der Waals surface area (Å²) in [5, 5.41) is 6.21. The van der Waals surface area contributed by atoms with E-state index in [4.69, 9.17) is 9.47 Å². The van der Waals surface area contributed by atoms with Crippen molar-refractivity contribution in [3.05, 3.63) is 52.9 Å². The van der Waals surface area contributed by atoms with Gasteiger partial charge in [-0.05, 0) is 49.7 Å². The van der Waals surface area contributed by atoms with Crippen molar-refractivity contribution in [1.29, 1.82) is 0 Å².